The van der Waals surface area contributed by atoms with Gasteiger partial charge in [-0.15, -0.1) is 0 Å². The Bertz CT molecular complexity index is 1140. The predicted octanol–water partition coefficient (Wildman–Crippen LogP) is 4.50. The Hall–Kier alpha value is -2.93. The van der Waals surface area contributed by atoms with E-state index in [1.807, 2.05) is 12.1 Å². The fourth-order valence-corrected chi connectivity index (χ4v) is 6.41. The molecule has 35 heavy (non-hydrogen) atoms. The monoisotopic (exact) mass is 480 g/mol. The van der Waals surface area contributed by atoms with Crippen molar-refractivity contribution in [3.05, 3.63) is 40.5 Å². The van der Waals surface area contributed by atoms with Gasteiger partial charge in [0.1, 0.15) is 0 Å². The van der Waals surface area contributed by atoms with Crippen LogP contribution >= 0.6 is 0 Å². The Kier molecular flexibility index (Phi) is 6.53. The highest BCUT2D eigenvalue weighted by Crippen LogP contribution is 2.50. The second-order valence-corrected chi connectivity index (χ2v) is 9.92. The van der Waals surface area contributed by atoms with Gasteiger partial charge in [0.25, 0.3) is 0 Å². The zero-order valence-corrected chi connectivity index (χ0v) is 21.1. The van der Waals surface area contributed by atoms with Gasteiger partial charge in [-0.05, 0) is 66.8 Å². The molecule has 0 amide bonds. The molecule has 0 aromatic heterocycles. The van der Waals surface area contributed by atoms with Crippen molar-refractivity contribution in [3.63, 3.8) is 0 Å². The highest BCUT2D eigenvalue weighted by molar-refractivity contribution is 6.03. The molecule has 0 saturated carbocycles. The third-order valence-electron chi connectivity index (χ3n) is 8.27. The lowest BCUT2D eigenvalue weighted by molar-refractivity contribution is 0.0541. The smallest absolute Gasteiger partial charge is 0.203 e. The largest absolute Gasteiger partial charge is 0.504 e. The summed E-state index contributed by atoms with van der Waals surface area (Å²) in [5.41, 5.74) is 5.51. The average molecular weight is 481 g/mol. The van der Waals surface area contributed by atoms with E-state index < -0.39 is 0 Å². The van der Waals surface area contributed by atoms with E-state index in [1.54, 1.807) is 21.3 Å². The molecule has 7 nitrogen and oxygen atoms in total. The van der Waals surface area contributed by atoms with Gasteiger partial charge in [0, 0.05) is 42.5 Å². The number of nitrogens with zero attached hydrogens (tertiary/aromatic N) is 2. The van der Waals surface area contributed by atoms with E-state index in [1.165, 1.54) is 0 Å². The maximum absolute atomic E-state index is 11.0. The van der Waals surface area contributed by atoms with E-state index in [0.29, 0.717) is 29.1 Å². The SMILES string of the molecule is CC[C@H]1CN2CCc3c(cc(OC)c(OC)c3O)[C@@H]2C[C@@H]1CC1=NCCc2cc(O)c(OC)cc21. The first-order valence-electron chi connectivity index (χ1n) is 12.6. The minimum absolute atomic E-state index is 0.190. The van der Waals surface area contributed by atoms with Gasteiger partial charge in [-0.3, -0.25) is 9.89 Å². The third-order valence-corrected chi connectivity index (χ3v) is 8.27. The van der Waals surface area contributed by atoms with Crippen LogP contribution in [0.5, 0.6) is 28.7 Å². The molecule has 3 aliphatic rings. The molecule has 3 atom stereocenters. The molecule has 3 aliphatic heterocycles. The number of fused-ring (bicyclic) bond motifs is 4. The highest BCUT2D eigenvalue weighted by atomic mass is 16.5. The van der Waals surface area contributed by atoms with Crippen molar-refractivity contribution in [2.24, 2.45) is 16.8 Å². The lowest BCUT2D eigenvalue weighted by Crippen LogP contribution is -2.46. The predicted molar refractivity (Wildman–Crippen MR) is 136 cm³/mol. The van der Waals surface area contributed by atoms with Gasteiger partial charge in [-0.1, -0.05) is 13.3 Å². The molecule has 5 rings (SSSR count). The van der Waals surface area contributed by atoms with Crippen molar-refractivity contribution in [1.82, 2.24) is 4.90 Å². The van der Waals surface area contributed by atoms with Crippen LogP contribution in [-0.2, 0) is 12.8 Å². The Balaban J connectivity index is 1.47. The summed E-state index contributed by atoms with van der Waals surface area (Å²) in [7, 11) is 4.77. The van der Waals surface area contributed by atoms with E-state index >= 15 is 0 Å². The quantitative estimate of drug-likeness (QED) is 0.633. The summed E-state index contributed by atoms with van der Waals surface area (Å²) in [5.74, 6) is 2.95. The van der Waals surface area contributed by atoms with Crippen LogP contribution in [0.25, 0.3) is 0 Å². The van der Waals surface area contributed by atoms with Crippen LogP contribution in [0.3, 0.4) is 0 Å². The summed E-state index contributed by atoms with van der Waals surface area (Å²) < 4.78 is 16.4. The molecule has 3 heterocycles. The van der Waals surface area contributed by atoms with Gasteiger partial charge >= 0.3 is 0 Å². The van der Waals surface area contributed by atoms with Crippen molar-refractivity contribution in [1.29, 1.82) is 0 Å². The summed E-state index contributed by atoms with van der Waals surface area (Å²) in [4.78, 5) is 7.52. The average Bonchev–Trinajstić information content (AvgIpc) is 2.87. The molecule has 7 heteroatoms. The summed E-state index contributed by atoms with van der Waals surface area (Å²) in [5, 5.41) is 21.2. The first-order valence-corrected chi connectivity index (χ1v) is 12.6. The van der Waals surface area contributed by atoms with Crippen LogP contribution in [0.15, 0.2) is 23.2 Å². The molecule has 0 aliphatic carbocycles. The van der Waals surface area contributed by atoms with E-state index in [-0.39, 0.29) is 17.5 Å². The van der Waals surface area contributed by atoms with Crippen LogP contribution in [-0.4, -0.2) is 61.8 Å². The topological polar surface area (TPSA) is 83.8 Å². The molecule has 0 spiro atoms. The molecule has 0 bridgehead atoms. The fraction of sp³-hybridized carbons (Fsp3) is 0.536. The minimum Gasteiger partial charge on any atom is -0.504 e. The lowest BCUT2D eigenvalue weighted by Gasteiger charge is -2.47. The normalized spacial score (nSPS) is 23.5. The number of phenols is 2. The second kappa shape index (κ2) is 9.61. The van der Waals surface area contributed by atoms with Crippen molar-refractivity contribution in [2.45, 2.75) is 45.1 Å². The lowest BCUT2D eigenvalue weighted by atomic mass is 9.73. The van der Waals surface area contributed by atoms with E-state index in [2.05, 4.69) is 17.9 Å². The molecule has 2 aromatic rings. The summed E-state index contributed by atoms with van der Waals surface area (Å²) >= 11 is 0. The number of phenolic OH excluding ortho intramolecular Hbond substituents is 2. The summed E-state index contributed by atoms with van der Waals surface area (Å²) in [6.45, 7) is 5.01. The van der Waals surface area contributed by atoms with Crippen molar-refractivity contribution in [2.75, 3.05) is 41.0 Å². The first kappa shape index (κ1) is 23.8. The fourth-order valence-electron chi connectivity index (χ4n) is 6.41. The van der Waals surface area contributed by atoms with Crippen LogP contribution < -0.4 is 14.2 Å². The van der Waals surface area contributed by atoms with Crippen LogP contribution in [0, 0.1) is 11.8 Å². The highest BCUT2D eigenvalue weighted by Gasteiger charge is 2.40. The molecular weight excluding hydrogens is 444 g/mol. The standard InChI is InChI=1S/C28H36N2O5/c1-5-16-15-30-9-7-19-21(14-26(34-3)28(35-4)27(19)32)23(30)11-18(16)10-22-20-13-25(33-2)24(31)12-17(20)6-8-29-22/h12-14,16,18,23,31-32H,5-11,15H2,1-4H3/t16-,18-,23-/m0/s1. The molecule has 1 fully saturated rings. The van der Waals surface area contributed by atoms with Gasteiger partial charge in [-0.2, -0.15) is 0 Å². The summed E-state index contributed by atoms with van der Waals surface area (Å²) in [6.07, 6.45) is 4.67. The molecule has 0 unspecified atom stereocenters. The second-order valence-electron chi connectivity index (χ2n) is 9.92. The Labute approximate surface area is 207 Å². The zero-order chi connectivity index (χ0) is 24.7. The Morgan fingerprint density at radius 1 is 1.00 bits per heavy atom. The van der Waals surface area contributed by atoms with Crippen molar-refractivity contribution < 1.29 is 24.4 Å². The van der Waals surface area contributed by atoms with Crippen LogP contribution in [0.1, 0.15) is 54.5 Å². The maximum atomic E-state index is 11.0. The Morgan fingerprint density at radius 3 is 2.51 bits per heavy atom. The van der Waals surface area contributed by atoms with Crippen molar-refractivity contribution >= 4 is 5.71 Å². The van der Waals surface area contributed by atoms with Crippen LogP contribution in [0.4, 0.5) is 0 Å². The number of piperidine rings is 1. The number of methoxy groups -OCH3 is 3. The Morgan fingerprint density at radius 2 is 1.80 bits per heavy atom. The number of hydrogen-bond donors (Lipinski definition) is 2. The number of benzene rings is 2. The van der Waals surface area contributed by atoms with E-state index in [0.717, 1.165) is 79.7 Å². The van der Waals surface area contributed by atoms with Gasteiger partial charge in [0.15, 0.2) is 23.0 Å². The maximum Gasteiger partial charge on any atom is 0.203 e. The number of hydrogen-bond acceptors (Lipinski definition) is 7. The number of aromatic hydroxyl groups is 2. The molecule has 1 saturated heterocycles. The molecule has 0 radical (unpaired) electrons. The van der Waals surface area contributed by atoms with Gasteiger partial charge in [-0.25, -0.2) is 0 Å². The molecule has 188 valence electrons. The first-order chi connectivity index (χ1) is 17.0. The van der Waals surface area contributed by atoms with E-state index in [4.69, 9.17) is 19.2 Å². The van der Waals surface area contributed by atoms with Gasteiger partial charge < -0.3 is 24.4 Å². The number of ether oxygens (including phenoxy) is 3. The molecule has 2 aromatic carbocycles. The molecular formula is C28H36N2O5. The van der Waals surface area contributed by atoms with E-state index in [9.17, 15) is 10.2 Å². The van der Waals surface area contributed by atoms with Gasteiger partial charge in [0.05, 0.1) is 21.3 Å². The number of rotatable bonds is 6. The number of aliphatic imine (C=N–C) groups is 1. The van der Waals surface area contributed by atoms with Crippen LogP contribution in [0.2, 0.25) is 0 Å². The van der Waals surface area contributed by atoms with Gasteiger partial charge in [0.2, 0.25) is 5.75 Å². The minimum atomic E-state index is 0.190. The summed E-state index contributed by atoms with van der Waals surface area (Å²) in [6, 6.07) is 6.08. The zero-order valence-electron chi connectivity index (χ0n) is 21.1. The third kappa shape index (κ3) is 4.10. The molecule has 2 N–H and O–H groups in total. The van der Waals surface area contributed by atoms with Crippen molar-refractivity contribution in [3.8, 4) is 28.7 Å².